The van der Waals surface area contributed by atoms with E-state index in [1.807, 2.05) is 19.9 Å². The van der Waals surface area contributed by atoms with Crippen LogP contribution in [-0.2, 0) is 4.79 Å². The number of rotatable bonds is 6. The zero-order chi connectivity index (χ0) is 14.5. The molecule has 0 aromatic carbocycles. The standard InChI is InChI=1S/C13H16ClN3O2/c1-3-13(4-2,12(18)19)8-17-11-10(14)9(7-15)5-6-16-11/h5-6H,3-4,8H2,1-2H3,(H,16,17)(H,18,19). The van der Waals surface area contributed by atoms with Gasteiger partial charge in [0, 0.05) is 12.7 Å². The fourth-order valence-corrected chi connectivity index (χ4v) is 2.01. The van der Waals surface area contributed by atoms with Crippen molar-refractivity contribution in [3.05, 3.63) is 22.8 Å². The van der Waals surface area contributed by atoms with Crippen molar-refractivity contribution in [3.8, 4) is 6.07 Å². The fraction of sp³-hybridized carbons (Fsp3) is 0.462. The second-order valence-electron chi connectivity index (χ2n) is 4.28. The van der Waals surface area contributed by atoms with E-state index in [0.717, 1.165) is 0 Å². The van der Waals surface area contributed by atoms with Crippen molar-refractivity contribution < 1.29 is 9.90 Å². The molecule has 0 amide bonds. The van der Waals surface area contributed by atoms with Gasteiger partial charge in [0.05, 0.1) is 11.0 Å². The number of aliphatic carboxylic acids is 1. The number of hydrogen-bond acceptors (Lipinski definition) is 4. The Kier molecular flexibility index (Phi) is 5.13. The zero-order valence-corrected chi connectivity index (χ0v) is 11.7. The van der Waals surface area contributed by atoms with Crippen molar-refractivity contribution in [1.29, 1.82) is 5.26 Å². The molecule has 1 heterocycles. The third-order valence-corrected chi connectivity index (χ3v) is 3.79. The number of carboxylic acids is 1. The summed E-state index contributed by atoms with van der Waals surface area (Å²) in [5.74, 6) is -0.509. The lowest BCUT2D eigenvalue weighted by Gasteiger charge is -2.27. The number of nitrogens with zero attached hydrogens (tertiary/aromatic N) is 2. The highest BCUT2D eigenvalue weighted by Crippen LogP contribution is 2.29. The van der Waals surface area contributed by atoms with Crippen LogP contribution in [0.1, 0.15) is 32.3 Å². The molecule has 0 atom stereocenters. The Morgan fingerprint density at radius 1 is 1.58 bits per heavy atom. The maximum Gasteiger partial charge on any atom is 0.311 e. The number of anilines is 1. The summed E-state index contributed by atoms with van der Waals surface area (Å²) in [5.41, 5.74) is -0.540. The number of pyridine rings is 1. The van der Waals surface area contributed by atoms with Gasteiger partial charge in [-0.1, -0.05) is 25.4 Å². The molecule has 6 heteroatoms. The minimum absolute atomic E-state index is 0.219. The summed E-state index contributed by atoms with van der Waals surface area (Å²) in [6, 6.07) is 3.47. The van der Waals surface area contributed by atoms with Crippen LogP contribution in [0, 0.1) is 16.7 Å². The number of carbonyl (C=O) groups is 1. The smallest absolute Gasteiger partial charge is 0.311 e. The van der Waals surface area contributed by atoms with Crippen molar-refractivity contribution in [2.24, 2.45) is 5.41 Å². The van der Waals surface area contributed by atoms with Gasteiger partial charge in [-0.3, -0.25) is 4.79 Å². The number of carboxylic acid groups (broad SMARTS) is 1. The molecule has 19 heavy (non-hydrogen) atoms. The van der Waals surface area contributed by atoms with Gasteiger partial charge in [0.15, 0.2) is 0 Å². The Morgan fingerprint density at radius 2 is 2.21 bits per heavy atom. The predicted octanol–water partition coefficient (Wildman–Crippen LogP) is 2.91. The van der Waals surface area contributed by atoms with Crippen LogP contribution in [0.3, 0.4) is 0 Å². The Morgan fingerprint density at radius 3 is 2.68 bits per heavy atom. The Hall–Kier alpha value is -1.80. The summed E-state index contributed by atoms with van der Waals surface area (Å²) in [5, 5.41) is 21.3. The summed E-state index contributed by atoms with van der Waals surface area (Å²) in [4.78, 5) is 15.4. The van der Waals surface area contributed by atoms with E-state index in [-0.39, 0.29) is 11.6 Å². The molecule has 0 radical (unpaired) electrons. The first-order chi connectivity index (χ1) is 9.00. The minimum Gasteiger partial charge on any atom is -0.481 e. The van der Waals surface area contributed by atoms with Gasteiger partial charge in [-0.2, -0.15) is 5.26 Å². The minimum atomic E-state index is -0.854. The lowest BCUT2D eigenvalue weighted by atomic mass is 9.82. The first kappa shape index (κ1) is 15.3. The van der Waals surface area contributed by atoms with Gasteiger partial charge in [-0.15, -0.1) is 0 Å². The van der Waals surface area contributed by atoms with Gasteiger partial charge < -0.3 is 10.4 Å². The number of nitrogens with one attached hydrogen (secondary N) is 1. The van der Waals surface area contributed by atoms with Gasteiger partial charge in [0.1, 0.15) is 16.9 Å². The fourth-order valence-electron chi connectivity index (χ4n) is 1.78. The highest BCUT2D eigenvalue weighted by atomic mass is 35.5. The molecule has 2 N–H and O–H groups in total. The zero-order valence-electron chi connectivity index (χ0n) is 10.9. The Bertz CT molecular complexity index is 507. The monoisotopic (exact) mass is 281 g/mol. The summed E-state index contributed by atoms with van der Waals surface area (Å²) in [6.45, 7) is 3.89. The van der Waals surface area contributed by atoms with Crippen molar-refractivity contribution in [1.82, 2.24) is 4.98 Å². The van der Waals surface area contributed by atoms with E-state index in [0.29, 0.717) is 24.2 Å². The molecule has 1 rings (SSSR count). The molecular formula is C13H16ClN3O2. The van der Waals surface area contributed by atoms with Crippen LogP contribution in [-0.4, -0.2) is 22.6 Å². The van der Waals surface area contributed by atoms with E-state index in [9.17, 15) is 9.90 Å². The number of hydrogen-bond donors (Lipinski definition) is 2. The Balaban J connectivity index is 2.93. The molecule has 0 unspecified atom stereocenters. The highest BCUT2D eigenvalue weighted by molar-refractivity contribution is 6.34. The number of halogens is 1. The molecule has 1 aromatic heterocycles. The average Bonchev–Trinajstić information content (AvgIpc) is 2.41. The van der Waals surface area contributed by atoms with E-state index < -0.39 is 11.4 Å². The van der Waals surface area contributed by atoms with E-state index in [1.165, 1.54) is 12.3 Å². The highest BCUT2D eigenvalue weighted by Gasteiger charge is 2.34. The molecule has 0 saturated carbocycles. The molecule has 1 aromatic rings. The molecule has 5 nitrogen and oxygen atoms in total. The quantitative estimate of drug-likeness (QED) is 0.837. The molecule has 0 aliphatic heterocycles. The van der Waals surface area contributed by atoms with E-state index >= 15 is 0 Å². The Labute approximate surface area is 117 Å². The molecule has 0 fully saturated rings. The lowest BCUT2D eigenvalue weighted by Crippen LogP contribution is -2.37. The van der Waals surface area contributed by atoms with Crippen LogP contribution in [0.25, 0.3) is 0 Å². The largest absolute Gasteiger partial charge is 0.481 e. The molecule has 0 saturated heterocycles. The second kappa shape index (κ2) is 6.39. The summed E-state index contributed by atoms with van der Waals surface area (Å²) in [7, 11) is 0. The van der Waals surface area contributed by atoms with Gasteiger partial charge in [0.25, 0.3) is 0 Å². The van der Waals surface area contributed by atoms with Crippen LogP contribution < -0.4 is 5.32 Å². The molecule has 102 valence electrons. The first-order valence-electron chi connectivity index (χ1n) is 6.02. The van der Waals surface area contributed by atoms with E-state index in [2.05, 4.69) is 10.3 Å². The third-order valence-electron chi connectivity index (χ3n) is 3.41. The SMILES string of the molecule is CCC(CC)(CNc1nccc(C#N)c1Cl)C(=O)O. The van der Waals surface area contributed by atoms with Crippen molar-refractivity contribution in [2.45, 2.75) is 26.7 Å². The van der Waals surface area contributed by atoms with Crippen LogP contribution in [0.15, 0.2) is 12.3 Å². The average molecular weight is 282 g/mol. The molecule has 0 aliphatic rings. The van der Waals surface area contributed by atoms with Crippen molar-refractivity contribution in [3.63, 3.8) is 0 Å². The van der Waals surface area contributed by atoms with E-state index in [1.54, 1.807) is 0 Å². The van der Waals surface area contributed by atoms with Crippen molar-refractivity contribution >= 4 is 23.4 Å². The van der Waals surface area contributed by atoms with E-state index in [4.69, 9.17) is 16.9 Å². The third kappa shape index (κ3) is 3.15. The predicted molar refractivity (Wildman–Crippen MR) is 73.1 cm³/mol. The lowest BCUT2D eigenvalue weighted by molar-refractivity contribution is -0.148. The van der Waals surface area contributed by atoms with Gasteiger partial charge in [-0.05, 0) is 18.9 Å². The maximum atomic E-state index is 11.4. The summed E-state index contributed by atoms with van der Waals surface area (Å²) in [6.07, 6.45) is 2.47. The van der Waals surface area contributed by atoms with Gasteiger partial charge >= 0.3 is 5.97 Å². The van der Waals surface area contributed by atoms with Crippen LogP contribution in [0.2, 0.25) is 5.02 Å². The van der Waals surface area contributed by atoms with Crippen LogP contribution in [0.5, 0.6) is 0 Å². The normalized spacial score (nSPS) is 10.8. The van der Waals surface area contributed by atoms with Gasteiger partial charge in [-0.25, -0.2) is 4.98 Å². The summed E-state index contributed by atoms with van der Waals surface area (Å²) >= 11 is 6.01. The topological polar surface area (TPSA) is 86.0 Å². The molecule has 0 spiro atoms. The number of aromatic nitrogens is 1. The summed E-state index contributed by atoms with van der Waals surface area (Å²) < 4.78 is 0. The second-order valence-corrected chi connectivity index (χ2v) is 4.66. The molecule has 0 bridgehead atoms. The molecular weight excluding hydrogens is 266 g/mol. The van der Waals surface area contributed by atoms with Gasteiger partial charge in [0.2, 0.25) is 0 Å². The van der Waals surface area contributed by atoms with Crippen LogP contribution in [0.4, 0.5) is 5.82 Å². The molecule has 0 aliphatic carbocycles. The van der Waals surface area contributed by atoms with Crippen molar-refractivity contribution in [2.75, 3.05) is 11.9 Å². The first-order valence-corrected chi connectivity index (χ1v) is 6.40. The van der Waals surface area contributed by atoms with Crippen LogP contribution >= 0.6 is 11.6 Å². The number of nitriles is 1. The maximum absolute atomic E-state index is 11.4.